The van der Waals surface area contributed by atoms with Crippen molar-refractivity contribution in [3.05, 3.63) is 64.1 Å². The lowest BCUT2D eigenvalue weighted by atomic mass is 10.2. The predicted octanol–water partition coefficient (Wildman–Crippen LogP) is 3.71. The molecule has 25 heavy (non-hydrogen) atoms. The van der Waals surface area contributed by atoms with Crippen LogP contribution in [0.25, 0.3) is 0 Å². The van der Waals surface area contributed by atoms with Crippen LogP contribution in [-0.2, 0) is 16.1 Å². The van der Waals surface area contributed by atoms with Crippen molar-refractivity contribution in [3.8, 4) is 5.75 Å². The summed E-state index contributed by atoms with van der Waals surface area (Å²) in [5, 5.41) is 2.65. The first kappa shape index (κ1) is 19.0. The Morgan fingerprint density at radius 3 is 2.56 bits per heavy atom. The monoisotopic (exact) mass is 405 g/mol. The van der Waals surface area contributed by atoms with Gasteiger partial charge in [0.2, 0.25) is 0 Å². The first-order valence-electron chi connectivity index (χ1n) is 8.01. The molecule has 0 radical (unpaired) electrons. The molecule has 0 heterocycles. The normalized spacial score (nSPS) is 10.2. The van der Waals surface area contributed by atoms with Gasteiger partial charge in [-0.2, -0.15) is 0 Å². The van der Waals surface area contributed by atoms with Crippen molar-refractivity contribution in [2.75, 3.05) is 13.2 Å². The average molecular weight is 406 g/mol. The van der Waals surface area contributed by atoms with Crippen LogP contribution in [0, 0.1) is 0 Å². The number of hydrogen-bond acceptors (Lipinski definition) is 4. The van der Waals surface area contributed by atoms with Gasteiger partial charge in [-0.3, -0.25) is 4.79 Å². The lowest BCUT2D eigenvalue weighted by Gasteiger charge is -2.12. The lowest BCUT2D eigenvalue weighted by molar-refractivity contribution is -0.124. The zero-order valence-corrected chi connectivity index (χ0v) is 15.5. The number of para-hydroxylation sites is 1. The molecule has 1 N–H and O–H groups in total. The molecule has 0 saturated heterocycles. The highest BCUT2D eigenvalue weighted by atomic mass is 79.9. The van der Waals surface area contributed by atoms with Crippen molar-refractivity contribution in [2.24, 2.45) is 0 Å². The minimum atomic E-state index is -0.589. The van der Waals surface area contributed by atoms with Crippen LogP contribution in [0.3, 0.4) is 0 Å². The van der Waals surface area contributed by atoms with Gasteiger partial charge < -0.3 is 14.8 Å². The molecule has 0 spiro atoms. The molecule has 6 heteroatoms. The number of rotatable bonds is 8. The van der Waals surface area contributed by atoms with Gasteiger partial charge in [-0.15, -0.1) is 0 Å². The van der Waals surface area contributed by atoms with Gasteiger partial charge in [0.15, 0.2) is 6.61 Å². The molecule has 0 aromatic heterocycles. The van der Waals surface area contributed by atoms with Crippen LogP contribution in [0.2, 0.25) is 0 Å². The number of hydrogen-bond donors (Lipinski definition) is 1. The number of nitrogens with one attached hydrogen (secondary N) is 1. The Kier molecular flexibility index (Phi) is 7.47. The quantitative estimate of drug-likeness (QED) is 0.679. The largest absolute Gasteiger partial charge is 0.488 e. The minimum absolute atomic E-state index is 0.290. The maximum atomic E-state index is 12.2. The summed E-state index contributed by atoms with van der Waals surface area (Å²) in [6, 6.07) is 14.5. The summed E-state index contributed by atoms with van der Waals surface area (Å²) in [7, 11) is 0. The molecule has 132 valence electrons. The fraction of sp³-hybridized carbons (Fsp3) is 0.263. The van der Waals surface area contributed by atoms with Crippen LogP contribution >= 0.6 is 15.9 Å². The van der Waals surface area contributed by atoms with Gasteiger partial charge in [-0.05, 0) is 24.6 Å². The van der Waals surface area contributed by atoms with Crippen molar-refractivity contribution in [3.63, 3.8) is 0 Å². The van der Waals surface area contributed by atoms with Gasteiger partial charge in [-0.1, -0.05) is 53.2 Å². The smallest absolute Gasteiger partial charge is 0.342 e. The molecule has 2 aromatic rings. The third kappa shape index (κ3) is 5.90. The lowest BCUT2D eigenvalue weighted by Crippen LogP contribution is -2.29. The van der Waals surface area contributed by atoms with Crippen LogP contribution in [0.5, 0.6) is 5.75 Å². The number of esters is 1. The molecule has 0 aliphatic rings. The number of carbonyl (C=O) groups is 2. The Morgan fingerprint density at radius 1 is 1.08 bits per heavy atom. The van der Waals surface area contributed by atoms with Crippen molar-refractivity contribution < 1.29 is 19.1 Å². The third-order valence-electron chi connectivity index (χ3n) is 3.35. The molecule has 5 nitrogen and oxygen atoms in total. The van der Waals surface area contributed by atoms with Crippen LogP contribution in [0.15, 0.2) is 53.0 Å². The zero-order chi connectivity index (χ0) is 18.1. The van der Waals surface area contributed by atoms with Crippen LogP contribution in [-0.4, -0.2) is 25.0 Å². The third-order valence-corrected chi connectivity index (χ3v) is 4.13. The maximum absolute atomic E-state index is 12.2. The van der Waals surface area contributed by atoms with Gasteiger partial charge in [0, 0.05) is 16.6 Å². The number of halogens is 1. The van der Waals surface area contributed by atoms with Crippen molar-refractivity contribution in [1.82, 2.24) is 5.32 Å². The highest BCUT2D eigenvalue weighted by Crippen LogP contribution is 2.22. The molecule has 0 fully saturated rings. The number of ether oxygens (including phenoxy) is 2. The Balaban J connectivity index is 1.98. The molecular formula is C19H20BrNO4. The van der Waals surface area contributed by atoms with Gasteiger partial charge in [0.25, 0.3) is 5.91 Å². The van der Waals surface area contributed by atoms with E-state index in [0.717, 1.165) is 16.5 Å². The number of amides is 1. The first-order valence-corrected chi connectivity index (χ1v) is 8.80. The molecule has 2 aromatic carbocycles. The van der Waals surface area contributed by atoms with E-state index in [4.69, 9.17) is 9.47 Å². The molecule has 0 aliphatic carbocycles. The molecule has 2 rings (SSSR count). The molecular weight excluding hydrogens is 386 g/mol. The van der Waals surface area contributed by atoms with Crippen molar-refractivity contribution >= 4 is 27.8 Å². The van der Waals surface area contributed by atoms with E-state index in [0.29, 0.717) is 18.9 Å². The Morgan fingerprint density at radius 2 is 1.80 bits per heavy atom. The highest BCUT2D eigenvalue weighted by molar-refractivity contribution is 9.10. The van der Waals surface area contributed by atoms with Gasteiger partial charge in [0.1, 0.15) is 17.9 Å². The fourth-order valence-corrected chi connectivity index (χ4v) is 2.46. The maximum Gasteiger partial charge on any atom is 0.342 e. The molecule has 0 unspecified atom stereocenters. The summed E-state index contributed by atoms with van der Waals surface area (Å²) in [5.41, 5.74) is 1.25. The van der Waals surface area contributed by atoms with Crippen LogP contribution in [0.1, 0.15) is 29.3 Å². The molecule has 0 aliphatic heterocycles. The summed E-state index contributed by atoms with van der Waals surface area (Å²) in [5.74, 6) is -0.492. The molecule has 0 bridgehead atoms. The van der Waals surface area contributed by atoms with Crippen molar-refractivity contribution in [1.29, 1.82) is 0 Å². The first-order chi connectivity index (χ1) is 12.1. The van der Waals surface area contributed by atoms with Crippen LogP contribution in [0.4, 0.5) is 0 Å². The van der Waals surface area contributed by atoms with Gasteiger partial charge >= 0.3 is 5.97 Å². The topological polar surface area (TPSA) is 64.6 Å². The van der Waals surface area contributed by atoms with E-state index >= 15 is 0 Å². The second-order valence-electron chi connectivity index (χ2n) is 5.30. The second-order valence-corrected chi connectivity index (χ2v) is 6.16. The molecule has 0 saturated carbocycles. The van der Waals surface area contributed by atoms with Crippen LogP contribution < -0.4 is 10.1 Å². The zero-order valence-electron chi connectivity index (χ0n) is 14.0. The molecule has 0 atom stereocenters. The Hall–Kier alpha value is -2.34. The highest BCUT2D eigenvalue weighted by Gasteiger charge is 2.15. The van der Waals surface area contributed by atoms with E-state index in [9.17, 15) is 9.59 Å². The van der Waals surface area contributed by atoms with E-state index in [-0.39, 0.29) is 18.1 Å². The summed E-state index contributed by atoms with van der Waals surface area (Å²) in [4.78, 5) is 23.8. The summed E-state index contributed by atoms with van der Waals surface area (Å²) >= 11 is 3.46. The predicted molar refractivity (Wildman–Crippen MR) is 98.5 cm³/mol. The number of benzene rings is 2. The van der Waals surface area contributed by atoms with Crippen molar-refractivity contribution in [2.45, 2.75) is 20.0 Å². The second kappa shape index (κ2) is 9.84. The number of carbonyl (C=O) groups excluding carboxylic acids is 2. The minimum Gasteiger partial charge on any atom is -0.488 e. The van der Waals surface area contributed by atoms with E-state index in [1.807, 2.05) is 31.2 Å². The van der Waals surface area contributed by atoms with E-state index in [2.05, 4.69) is 21.2 Å². The van der Waals surface area contributed by atoms with E-state index in [1.54, 1.807) is 24.3 Å². The SMILES string of the molecule is CCCNC(=O)COC(=O)c1ccccc1OCc1ccccc1Br. The van der Waals surface area contributed by atoms with E-state index < -0.39 is 5.97 Å². The standard InChI is InChI=1S/C19H20BrNO4/c1-2-11-21-18(22)13-25-19(23)15-8-4-6-10-17(15)24-12-14-7-3-5-9-16(14)20/h3-10H,2,11-13H2,1H3,(H,21,22). The van der Waals surface area contributed by atoms with E-state index in [1.165, 1.54) is 0 Å². The fourth-order valence-electron chi connectivity index (χ4n) is 2.06. The Labute approximate surface area is 155 Å². The summed E-state index contributed by atoms with van der Waals surface area (Å²) < 4.78 is 11.8. The summed E-state index contributed by atoms with van der Waals surface area (Å²) in [6.07, 6.45) is 0.825. The Bertz CT molecular complexity index is 733. The van der Waals surface area contributed by atoms with Gasteiger partial charge in [-0.25, -0.2) is 4.79 Å². The average Bonchev–Trinajstić information content (AvgIpc) is 2.64. The van der Waals surface area contributed by atoms with Gasteiger partial charge in [0.05, 0.1) is 0 Å². The molecule has 1 amide bonds. The summed E-state index contributed by atoms with van der Waals surface area (Å²) in [6.45, 7) is 2.51.